The molecule has 0 N–H and O–H groups in total. The van der Waals surface area contributed by atoms with E-state index in [0.717, 1.165) is 39.0 Å². The van der Waals surface area contributed by atoms with Crippen LogP contribution in [0.15, 0.2) is 170 Å². The van der Waals surface area contributed by atoms with E-state index < -0.39 is 0 Å². The maximum atomic E-state index is 2.57. The van der Waals surface area contributed by atoms with Crippen LogP contribution in [0.5, 0.6) is 0 Å². The van der Waals surface area contributed by atoms with Crippen molar-refractivity contribution < 1.29 is 0 Å². The molecular weight excluding hydrogens is 556 g/mol. The smallest absolute Gasteiger partial charge is 0.0433 e. The van der Waals surface area contributed by atoms with Crippen molar-refractivity contribution >= 4 is 11.4 Å². The average molecular weight is 601 g/mol. The third-order valence-corrected chi connectivity index (χ3v) is 8.75. The predicted molar refractivity (Wildman–Crippen MR) is 195 cm³/mol. The highest BCUT2D eigenvalue weighted by Gasteiger charge is 2.24. The average Bonchev–Trinajstić information content (AvgIpc) is 3.12. The van der Waals surface area contributed by atoms with Crippen LogP contribution >= 0.6 is 0 Å². The largest absolute Gasteiger partial charge is 0.363 e. The highest BCUT2D eigenvalue weighted by atomic mass is 15.1. The summed E-state index contributed by atoms with van der Waals surface area (Å²) in [6.45, 7) is 5.71. The number of benzene rings is 6. The van der Waals surface area contributed by atoms with Gasteiger partial charge in [-0.3, -0.25) is 0 Å². The van der Waals surface area contributed by atoms with Crippen molar-refractivity contribution in [3.05, 3.63) is 203 Å². The summed E-state index contributed by atoms with van der Waals surface area (Å²) < 4.78 is 0. The van der Waals surface area contributed by atoms with Gasteiger partial charge in [-0.15, -0.1) is 0 Å². The van der Waals surface area contributed by atoms with Crippen molar-refractivity contribution in [2.75, 3.05) is 9.80 Å². The lowest BCUT2D eigenvalue weighted by molar-refractivity contribution is 0.681. The zero-order chi connectivity index (χ0) is 31.4. The first-order valence-corrected chi connectivity index (χ1v) is 16.6. The Morgan fingerprint density at radius 2 is 0.652 bits per heavy atom. The molecule has 6 aromatic rings. The van der Waals surface area contributed by atoms with Gasteiger partial charge in [0.15, 0.2) is 0 Å². The van der Waals surface area contributed by atoms with E-state index in [1.165, 1.54) is 44.8 Å². The van der Waals surface area contributed by atoms with E-state index in [4.69, 9.17) is 0 Å². The van der Waals surface area contributed by atoms with E-state index in [-0.39, 0.29) is 5.92 Å². The molecule has 0 spiro atoms. The van der Waals surface area contributed by atoms with E-state index in [2.05, 4.69) is 187 Å². The minimum Gasteiger partial charge on any atom is -0.363 e. The molecule has 0 aromatic heterocycles. The highest BCUT2D eigenvalue weighted by Crippen LogP contribution is 2.41. The van der Waals surface area contributed by atoms with Gasteiger partial charge in [-0.05, 0) is 51.9 Å². The van der Waals surface area contributed by atoms with Crippen LogP contribution in [0.2, 0.25) is 0 Å². The molecule has 0 radical (unpaired) electrons. The predicted octanol–water partition coefficient (Wildman–Crippen LogP) is 11.0. The molecule has 0 aliphatic rings. The molecule has 2 heteroatoms. The van der Waals surface area contributed by atoms with E-state index in [9.17, 15) is 0 Å². The Hall–Kier alpha value is -5.08. The molecule has 0 unspecified atom stereocenters. The Balaban J connectivity index is 1.43. The number of rotatable bonds is 14. The number of para-hydroxylation sites is 2. The van der Waals surface area contributed by atoms with Gasteiger partial charge in [0, 0.05) is 43.5 Å². The Morgan fingerprint density at radius 3 is 0.957 bits per heavy atom. The summed E-state index contributed by atoms with van der Waals surface area (Å²) in [5.74, 6) is 0.250. The molecule has 0 bridgehead atoms. The first kappa shape index (κ1) is 30.9. The second-order valence-corrected chi connectivity index (χ2v) is 12.1. The van der Waals surface area contributed by atoms with Gasteiger partial charge in [0.25, 0.3) is 0 Å². The van der Waals surface area contributed by atoms with Crippen molar-refractivity contribution in [2.24, 2.45) is 0 Å². The zero-order valence-electron chi connectivity index (χ0n) is 26.9. The maximum absolute atomic E-state index is 2.57. The van der Waals surface area contributed by atoms with Gasteiger partial charge in [-0.2, -0.15) is 0 Å². The van der Waals surface area contributed by atoms with Crippen molar-refractivity contribution in [3.63, 3.8) is 0 Å². The highest BCUT2D eigenvalue weighted by molar-refractivity contribution is 5.63. The molecule has 0 aliphatic heterocycles. The van der Waals surface area contributed by atoms with Crippen LogP contribution in [0.4, 0.5) is 11.4 Å². The van der Waals surface area contributed by atoms with Crippen molar-refractivity contribution in [1.29, 1.82) is 0 Å². The van der Waals surface area contributed by atoms with Gasteiger partial charge in [-0.25, -0.2) is 0 Å². The normalized spacial score (nSPS) is 11.0. The molecule has 46 heavy (non-hydrogen) atoms. The molecule has 0 heterocycles. The van der Waals surface area contributed by atoms with Crippen LogP contribution in [0.3, 0.4) is 0 Å². The fourth-order valence-electron chi connectivity index (χ4n) is 6.58. The van der Waals surface area contributed by atoms with E-state index in [0.29, 0.717) is 0 Å². The Labute approximate surface area is 275 Å². The summed E-state index contributed by atoms with van der Waals surface area (Å²) >= 11 is 0. The molecule has 0 atom stereocenters. The Bertz CT molecular complexity index is 1540. The lowest BCUT2D eigenvalue weighted by Gasteiger charge is -2.33. The second-order valence-electron chi connectivity index (χ2n) is 12.1. The molecule has 230 valence electrons. The third-order valence-electron chi connectivity index (χ3n) is 8.75. The van der Waals surface area contributed by atoms with Crippen molar-refractivity contribution in [1.82, 2.24) is 0 Å². The first-order valence-electron chi connectivity index (χ1n) is 16.6. The summed E-state index contributed by atoms with van der Waals surface area (Å²) in [6, 6.07) is 61.7. The van der Waals surface area contributed by atoms with Gasteiger partial charge >= 0.3 is 0 Å². The lowest BCUT2D eigenvalue weighted by atomic mass is 9.84. The van der Waals surface area contributed by atoms with Crippen LogP contribution in [0, 0.1) is 0 Å². The summed E-state index contributed by atoms with van der Waals surface area (Å²) in [4.78, 5) is 5.13. The van der Waals surface area contributed by atoms with E-state index in [1.54, 1.807) is 0 Å². The molecular formula is C44H44N2. The molecule has 6 aromatic carbocycles. The molecule has 0 amide bonds. The van der Waals surface area contributed by atoms with Crippen molar-refractivity contribution in [2.45, 2.75) is 51.9 Å². The van der Waals surface area contributed by atoms with Crippen LogP contribution in [-0.2, 0) is 26.2 Å². The quantitative estimate of drug-likeness (QED) is 0.123. The zero-order valence-corrected chi connectivity index (χ0v) is 26.9. The molecule has 2 nitrogen and oxygen atoms in total. The Kier molecular flexibility index (Phi) is 10.6. The van der Waals surface area contributed by atoms with Gasteiger partial charge < -0.3 is 9.80 Å². The van der Waals surface area contributed by atoms with Crippen molar-refractivity contribution in [3.8, 4) is 0 Å². The summed E-state index contributed by atoms with van der Waals surface area (Å²) in [7, 11) is 0. The SMILES string of the molecule is CCCC(c1ccccc1N(Cc1ccccc1)Cc1ccccc1)c1ccccc1N(Cc1ccccc1)Cc1ccccc1. The molecule has 6 rings (SSSR count). The van der Waals surface area contributed by atoms with Gasteiger partial charge in [0.2, 0.25) is 0 Å². The standard InChI is InChI=1S/C44H44N2/c1-2-19-40(41-28-15-17-30-43(41)45(32-36-20-7-3-8-21-36)33-37-22-9-4-10-23-37)42-29-16-18-31-44(42)46(34-38-24-11-5-12-25-38)35-39-26-13-6-14-27-39/h3-18,20-31,40H,2,19,32-35H2,1H3. The monoisotopic (exact) mass is 600 g/mol. The number of anilines is 2. The summed E-state index contributed by atoms with van der Waals surface area (Å²) in [5.41, 5.74) is 10.7. The molecule has 0 saturated heterocycles. The molecule has 0 fully saturated rings. The maximum Gasteiger partial charge on any atom is 0.0433 e. The minimum atomic E-state index is 0.250. The van der Waals surface area contributed by atoms with Crippen LogP contribution in [-0.4, -0.2) is 0 Å². The van der Waals surface area contributed by atoms with Gasteiger partial charge in [0.05, 0.1) is 0 Å². The number of hydrogen-bond donors (Lipinski definition) is 0. The minimum absolute atomic E-state index is 0.250. The summed E-state index contributed by atoms with van der Waals surface area (Å²) in [5, 5.41) is 0. The van der Waals surface area contributed by atoms with Crippen LogP contribution < -0.4 is 9.80 Å². The third kappa shape index (κ3) is 7.95. The fraction of sp³-hybridized carbons (Fsp3) is 0.182. The lowest BCUT2D eigenvalue weighted by Crippen LogP contribution is -2.26. The Morgan fingerprint density at radius 1 is 0.370 bits per heavy atom. The van der Waals surface area contributed by atoms with E-state index in [1.807, 2.05) is 0 Å². The number of hydrogen-bond acceptors (Lipinski definition) is 2. The topological polar surface area (TPSA) is 6.48 Å². The van der Waals surface area contributed by atoms with E-state index >= 15 is 0 Å². The molecule has 0 aliphatic carbocycles. The second kappa shape index (κ2) is 15.8. The first-order chi connectivity index (χ1) is 22.8. The van der Waals surface area contributed by atoms with Gasteiger partial charge in [0.1, 0.15) is 0 Å². The summed E-state index contributed by atoms with van der Waals surface area (Å²) in [6.07, 6.45) is 2.17. The molecule has 0 saturated carbocycles. The number of nitrogens with zero attached hydrogens (tertiary/aromatic N) is 2. The van der Waals surface area contributed by atoms with Gasteiger partial charge in [-0.1, -0.05) is 171 Å². The van der Waals surface area contributed by atoms with Crippen LogP contribution in [0.1, 0.15) is 59.1 Å². The fourth-order valence-corrected chi connectivity index (χ4v) is 6.58. The van der Waals surface area contributed by atoms with Crippen LogP contribution in [0.25, 0.3) is 0 Å².